The van der Waals surface area contributed by atoms with Crippen LogP contribution in [-0.2, 0) is 9.53 Å². The molecule has 25 heavy (non-hydrogen) atoms. The average molecular weight is 348 g/mol. The third-order valence-corrected chi connectivity index (χ3v) is 4.81. The van der Waals surface area contributed by atoms with Crippen LogP contribution in [0.15, 0.2) is 18.2 Å². The lowest BCUT2D eigenvalue weighted by molar-refractivity contribution is -0.385. The number of esters is 1. The summed E-state index contributed by atoms with van der Waals surface area (Å²) in [4.78, 5) is 35.0. The van der Waals surface area contributed by atoms with Gasteiger partial charge in [-0.3, -0.25) is 14.9 Å². The van der Waals surface area contributed by atoms with Gasteiger partial charge in [-0.2, -0.15) is 0 Å². The van der Waals surface area contributed by atoms with E-state index in [4.69, 9.17) is 4.74 Å². The normalized spacial score (nSPS) is 21.2. The minimum absolute atomic E-state index is 0.0971. The van der Waals surface area contributed by atoms with Crippen molar-refractivity contribution in [1.29, 1.82) is 0 Å². The van der Waals surface area contributed by atoms with E-state index in [0.29, 0.717) is 5.92 Å². The monoisotopic (exact) mass is 348 g/mol. The number of nitro benzene ring substituents is 1. The number of nitro groups is 1. The fourth-order valence-corrected chi connectivity index (χ4v) is 3.15. The number of carbonyl (C=O) groups excluding carboxylic acids is 2. The number of ether oxygens (including phenoxy) is 1. The molecule has 136 valence electrons. The Labute approximate surface area is 146 Å². The van der Waals surface area contributed by atoms with Crippen LogP contribution in [0.2, 0.25) is 0 Å². The molecule has 1 amide bonds. The first kappa shape index (κ1) is 18.9. The Morgan fingerprint density at radius 2 is 2.00 bits per heavy atom. The van der Waals surface area contributed by atoms with E-state index in [0.717, 1.165) is 19.3 Å². The second kappa shape index (κ2) is 8.09. The van der Waals surface area contributed by atoms with Crippen molar-refractivity contribution in [3.05, 3.63) is 39.4 Å². The fraction of sp³-hybridized carbons (Fsp3) is 0.556. The quantitative estimate of drug-likeness (QED) is 0.501. The van der Waals surface area contributed by atoms with Crippen molar-refractivity contribution in [1.82, 2.24) is 5.32 Å². The fourth-order valence-electron chi connectivity index (χ4n) is 3.15. The molecular weight excluding hydrogens is 324 g/mol. The highest BCUT2D eigenvalue weighted by molar-refractivity contribution is 5.94. The van der Waals surface area contributed by atoms with Crippen molar-refractivity contribution in [2.45, 2.75) is 58.6 Å². The Morgan fingerprint density at radius 3 is 2.64 bits per heavy atom. The standard InChI is InChI=1S/C18H24N2O5/c1-11-7-4-5-9-15(11)19-17(21)13(3)25-18(22)14-8-6-10-16(12(14)2)20(23)24/h6,8,10-11,13,15H,4-5,7,9H2,1-3H3,(H,19,21)/t11-,13-,15+/m0/s1. The number of benzene rings is 1. The zero-order valence-corrected chi connectivity index (χ0v) is 14.8. The van der Waals surface area contributed by atoms with Gasteiger partial charge in [-0.1, -0.05) is 25.8 Å². The van der Waals surface area contributed by atoms with Gasteiger partial charge in [-0.05, 0) is 38.7 Å². The second-order valence-corrected chi connectivity index (χ2v) is 6.63. The summed E-state index contributed by atoms with van der Waals surface area (Å²) in [5, 5.41) is 13.9. The van der Waals surface area contributed by atoms with Gasteiger partial charge in [0.1, 0.15) is 0 Å². The highest BCUT2D eigenvalue weighted by Crippen LogP contribution is 2.24. The molecule has 2 rings (SSSR count). The van der Waals surface area contributed by atoms with Crippen LogP contribution in [0.4, 0.5) is 5.69 Å². The van der Waals surface area contributed by atoms with Gasteiger partial charge in [0.05, 0.1) is 10.5 Å². The predicted molar refractivity (Wildman–Crippen MR) is 92.3 cm³/mol. The summed E-state index contributed by atoms with van der Waals surface area (Å²) >= 11 is 0. The molecule has 0 bridgehead atoms. The van der Waals surface area contributed by atoms with Crippen LogP contribution in [0.5, 0.6) is 0 Å². The molecule has 1 aromatic carbocycles. The van der Waals surface area contributed by atoms with Crippen LogP contribution in [0.1, 0.15) is 55.5 Å². The van der Waals surface area contributed by atoms with Crippen molar-refractivity contribution in [2.75, 3.05) is 0 Å². The lowest BCUT2D eigenvalue weighted by Crippen LogP contribution is -2.46. The number of hydrogen-bond donors (Lipinski definition) is 1. The molecule has 0 heterocycles. The molecule has 0 aliphatic heterocycles. The Balaban J connectivity index is 2.01. The van der Waals surface area contributed by atoms with Crippen molar-refractivity contribution < 1.29 is 19.2 Å². The Hall–Kier alpha value is -2.44. The molecule has 1 aliphatic carbocycles. The van der Waals surface area contributed by atoms with Crippen LogP contribution >= 0.6 is 0 Å². The highest BCUT2D eigenvalue weighted by atomic mass is 16.6. The molecule has 7 nitrogen and oxygen atoms in total. The zero-order chi connectivity index (χ0) is 18.6. The number of rotatable bonds is 5. The van der Waals surface area contributed by atoms with Crippen LogP contribution in [0.3, 0.4) is 0 Å². The molecule has 1 fully saturated rings. The summed E-state index contributed by atoms with van der Waals surface area (Å²) in [6.45, 7) is 5.10. The molecule has 0 aromatic heterocycles. The maximum absolute atomic E-state index is 12.3. The van der Waals surface area contributed by atoms with Gasteiger partial charge in [-0.15, -0.1) is 0 Å². The highest BCUT2D eigenvalue weighted by Gasteiger charge is 2.27. The third-order valence-electron chi connectivity index (χ3n) is 4.81. The van der Waals surface area contributed by atoms with E-state index in [1.807, 2.05) is 0 Å². The minimum Gasteiger partial charge on any atom is -0.449 e. The molecule has 0 saturated heterocycles. The molecule has 0 spiro atoms. The molecule has 0 unspecified atom stereocenters. The molecule has 1 saturated carbocycles. The summed E-state index contributed by atoms with van der Waals surface area (Å²) in [5.74, 6) is -0.671. The first-order chi connectivity index (χ1) is 11.8. The molecule has 1 aliphatic rings. The second-order valence-electron chi connectivity index (χ2n) is 6.63. The summed E-state index contributed by atoms with van der Waals surface area (Å²) in [6, 6.07) is 4.31. The number of hydrogen-bond acceptors (Lipinski definition) is 5. The molecule has 0 radical (unpaired) electrons. The first-order valence-electron chi connectivity index (χ1n) is 8.56. The summed E-state index contributed by atoms with van der Waals surface area (Å²) < 4.78 is 5.22. The SMILES string of the molecule is Cc1c(C(=O)O[C@@H](C)C(=O)N[C@@H]2CCCC[C@@H]2C)cccc1[N+](=O)[O-]. The van der Waals surface area contributed by atoms with E-state index in [1.54, 1.807) is 0 Å². The Kier molecular flexibility index (Phi) is 6.12. The number of nitrogens with zero attached hydrogens (tertiary/aromatic N) is 1. The zero-order valence-electron chi connectivity index (χ0n) is 14.8. The van der Waals surface area contributed by atoms with Crippen LogP contribution < -0.4 is 5.32 Å². The van der Waals surface area contributed by atoms with E-state index in [1.165, 1.54) is 38.5 Å². The number of nitrogens with one attached hydrogen (secondary N) is 1. The van der Waals surface area contributed by atoms with E-state index in [9.17, 15) is 19.7 Å². The summed E-state index contributed by atoms with van der Waals surface area (Å²) in [6.07, 6.45) is 3.30. The van der Waals surface area contributed by atoms with Crippen LogP contribution in [-0.4, -0.2) is 28.9 Å². The molecule has 1 N–H and O–H groups in total. The molecule has 3 atom stereocenters. The van der Waals surface area contributed by atoms with Gasteiger partial charge < -0.3 is 10.1 Å². The Morgan fingerprint density at radius 1 is 1.32 bits per heavy atom. The maximum atomic E-state index is 12.3. The van der Waals surface area contributed by atoms with E-state index < -0.39 is 17.0 Å². The summed E-state index contributed by atoms with van der Waals surface area (Å²) in [7, 11) is 0. The van der Waals surface area contributed by atoms with Gasteiger partial charge in [0.15, 0.2) is 6.10 Å². The molecular formula is C18H24N2O5. The summed E-state index contributed by atoms with van der Waals surface area (Å²) in [5.41, 5.74) is 0.175. The van der Waals surface area contributed by atoms with E-state index in [2.05, 4.69) is 12.2 Å². The maximum Gasteiger partial charge on any atom is 0.339 e. The van der Waals surface area contributed by atoms with Crippen molar-refractivity contribution in [2.24, 2.45) is 5.92 Å². The lowest BCUT2D eigenvalue weighted by Gasteiger charge is -2.30. The Bertz CT molecular complexity index is 673. The van der Waals surface area contributed by atoms with Gasteiger partial charge in [-0.25, -0.2) is 4.79 Å². The van der Waals surface area contributed by atoms with Crippen LogP contribution in [0.25, 0.3) is 0 Å². The number of amides is 1. The lowest BCUT2D eigenvalue weighted by atomic mass is 9.86. The average Bonchev–Trinajstić information content (AvgIpc) is 2.56. The smallest absolute Gasteiger partial charge is 0.339 e. The van der Waals surface area contributed by atoms with E-state index in [-0.39, 0.29) is 28.8 Å². The van der Waals surface area contributed by atoms with Crippen molar-refractivity contribution in [3.63, 3.8) is 0 Å². The number of carbonyl (C=O) groups is 2. The predicted octanol–water partition coefficient (Wildman–Crippen LogP) is 3.14. The van der Waals surface area contributed by atoms with Crippen LogP contribution in [0, 0.1) is 23.0 Å². The van der Waals surface area contributed by atoms with Gasteiger partial charge in [0.25, 0.3) is 11.6 Å². The van der Waals surface area contributed by atoms with Crippen molar-refractivity contribution >= 4 is 17.6 Å². The van der Waals surface area contributed by atoms with Gasteiger partial charge in [0.2, 0.25) is 0 Å². The van der Waals surface area contributed by atoms with E-state index >= 15 is 0 Å². The first-order valence-corrected chi connectivity index (χ1v) is 8.56. The van der Waals surface area contributed by atoms with Gasteiger partial charge >= 0.3 is 5.97 Å². The molecule has 7 heteroatoms. The minimum atomic E-state index is -0.958. The third kappa shape index (κ3) is 4.55. The van der Waals surface area contributed by atoms with Gasteiger partial charge in [0, 0.05) is 17.7 Å². The van der Waals surface area contributed by atoms with Crippen molar-refractivity contribution in [3.8, 4) is 0 Å². The topological polar surface area (TPSA) is 98.5 Å². The molecule has 1 aromatic rings. The largest absolute Gasteiger partial charge is 0.449 e.